The minimum absolute atomic E-state index is 0.334. The van der Waals surface area contributed by atoms with Gasteiger partial charge in [0.2, 0.25) is 5.78 Å². The van der Waals surface area contributed by atoms with Crippen molar-refractivity contribution in [3.63, 3.8) is 0 Å². The lowest BCUT2D eigenvalue weighted by Gasteiger charge is -2.31. The van der Waals surface area contributed by atoms with Crippen molar-refractivity contribution in [1.29, 1.82) is 0 Å². The molecule has 0 aliphatic carbocycles. The number of thioether (sulfide) groups is 1. The van der Waals surface area contributed by atoms with Crippen molar-refractivity contribution in [2.75, 3.05) is 29.5 Å². The van der Waals surface area contributed by atoms with E-state index in [0.29, 0.717) is 16.4 Å². The third-order valence-corrected chi connectivity index (χ3v) is 5.48. The van der Waals surface area contributed by atoms with Gasteiger partial charge in [-0.2, -0.15) is 11.8 Å². The van der Waals surface area contributed by atoms with Crippen LogP contribution in [0.2, 0.25) is 5.02 Å². The van der Waals surface area contributed by atoms with Gasteiger partial charge in [-0.3, -0.25) is 4.40 Å². The highest BCUT2D eigenvalue weighted by Crippen LogP contribution is 2.39. The molecular formula is C17H16ClFN4S. The fraction of sp³-hybridized carbons (Fsp3) is 0.294. The molecule has 3 heterocycles. The van der Waals surface area contributed by atoms with Crippen molar-refractivity contribution >= 4 is 35.0 Å². The molecule has 124 valence electrons. The number of aromatic nitrogens is 3. The zero-order valence-electron chi connectivity index (χ0n) is 13.2. The highest BCUT2D eigenvalue weighted by molar-refractivity contribution is 7.99. The predicted molar refractivity (Wildman–Crippen MR) is 97.7 cm³/mol. The van der Waals surface area contributed by atoms with Crippen molar-refractivity contribution in [2.24, 2.45) is 0 Å². The lowest BCUT2D eigenvalue weighted by Crippen LogP contribution is -2.34. The molecule has 1 aliphatic heterocycles. The maximum atomic E-state index is 14.6. The molecule has 4 nitrogen and oxygen atoms in total. The van der Waals surface area contributed by atoms with E-state index in [-0.39, 0.29) is 5.82 Å². The Labute approximate surface area is 148 Å². The first-order chi connectivity index (χ1) is 11.7. The molecule has 2 aromatic heterocycles. The summed E-state index contributed by atoms with van der Waals surface area (Å²) < 4.78 is 16.6. The number of hydrogen-bond donors (Lipinski definition) is 0. The second kappa shape index (κ2) is 6.26. The van der Waals surface area contributed by atoms with Crippen LogP contribution in [0.25, 0.3) is 16.9 Å². The van der Waals surface area contributed by atoms with Gasteiger partial charge < -0.3 is 4.90 Å². The second-order valence-electron chi connectivity index (χ2n) is 5.69. The number of benzene rings is 1. The molecule has 7 heteroatoms. The number of imidazole rings is 1. The first-order valence-corrected chi connectivity index (χ1v) is 9.31. The summed E-state index contributed by atoms with van der Waals surface area (Å²) in [7, 11) is 0. The fourth-order valence-corrected chi connectivity index (χ4v) is 4.31. The minimum Gasteiger partial charge on any atom is -0.355 e. The molecule has 0 saturated carbocycles. The molecule has 0 N–H and O–H groups in total. The van der Waals surface area contributed by atoms with Crippen LogP contribution in [-0.4, -0.2) is 39.0 Å². The summed E-state index contributed by atoms with van der Waals surface area (Å²) in [6.07, 6.45) is 3.59. The molecule has 0 unspecified atom stereocenters. The molecule has 1 aliphatic rings. The van der Waals surface area contributed by atoms with Gasteiger partial charge in [0.25, 0.3) is 0 Å². The Bertz CT molecular complexity index is 885. The van der Waals surface area contributed by atoms with Crippen LogP contribution in [-0.2, 0) is 0 Å². The predicted octanol–water partition coefficient (Wildman–Crippen LogP) is 4.05. The number of anilines is 1. The van der Waals surface area contributed by atoms with Crippen molar-refractivity contribution in [2.45, 2.75) is 6.92 Å². The number of hydrogen-bond acceptors (Lipinski definition) is 4. The van der Waals surface area contributed by atoms with Crippen molar-refractivity contribution in [1.82, 2.24) is 14.4 Å². The van der Waals surface area contributed by atoms with Crippen LogP contribution in [0, 0.1) is 12.7 Å². The summed E-state index contributed by atoms with van der Waals surface area (Å²) in [6.45, 7) is 3.69. The van der Waals surface area contributed by atoms with E-state index in [2.05, 4.69) is 14.9 Å². The van der Waals surface area contributed by atoms with E-state index in [0.717, 1.165) is 41.7 Å². The van der Waals surface area contributed by atoms with Crippen molar-refractivity contribution in [3.05, 3.63) is 47.1 Å². The van der Waals surface area contributed by atoms with E-state index in [1.807, 2.05) is 29.3 Å². The topological polar surface area (TPSA) is 33.4 Å². The molecule has 4 rings (SSSR count). The Balaban J connectivity index is 2.05. The monoisotopic (exact) mass is 362 g/mol. The maximum Gasteiger partial charge on any atom is 0.235 e. The SMILES string of the molecule is Cc1nc2nccn2c(N2CCSCC2)c1-c1c(F)cccc1Cl. The summed E-state index contributed by atoms with van der Waals surface area (Å²) in [6, 6.07) is 4.78. The summed E-state index contributed by atoms with van der Waals surface area (Å²) >= 11 is 8.29. The Morgan fingerprint density at radius 3 is 2.75 bits per heavy atom. The highest BCUT2D eigenvalue weighted by atomic mass is 35.5. The van der Waals surface area contributed by atoms with E-state index >= 15 is 0 Å². The Morgan fingerprint density at radius 2 is 2.00 bits per heavy atom. The Kier molecular flexibility index (Phi) is 4.10. The Hall–Kier alpha value is -1.79. The summed E-state index contributed by atoms with van der Waals surface area (Å²) in [5.41, 5.74) is 1.89. The van der Waals surface area contributed by atoms with Crippen LogP contribution < -0.4 is 4.90 Å². The van der Waals surface area contributed by atoms with Gasteiger partial charge in [-0.1, -0.05) is 17.7 Å². The third kappa shape index (κ3) is 2.54. The molecule has 0 bridgehead atoms. The molecule has 1 fully saturated rings. The quantitative estimate of drug-likeness (QED) is 0.688. The summed E-state index contributed by atoms with van der Waals surface area (Å²) in [5, 5.41) is 0.395. The van der Waals surface area contributed by atoms with Crippen LogP contribution in [0.4, 0.5) is 10.2 Å². The van der Waals surface area contributed by atoms with Crippen LogP contribution >= 0.6 is 23.4 Å². The van der Waals surface area contributed by atoms with E-state index in [1.54, 1.807) is 18.3 Å². The van der Waals surface area contributed by atoms with E-state index in [9.17, 15) is 4.39 Å². The van der Waals surface area contributed by atoms with Gasteiger partial charge in [-0.05, 0) is 19.1 Å². The highest BCUT2D eigenvalue weighted by Gasteiger charge is 2.25. The van der Waals surface area contributed by atoms with E-state index in [1.165, 1.54) is 6.07 Å². The summed E-state index contributed by atoms with van der Waals surface area (Å²) in [5.74, 6) is 3.29. The smallest absolute Gasteiger partial charge is 0.235 e. The normalized spacial score (nSPS) is 15.2. The molecule has 0 amide bonds. The summed E-state index contributed by atoms with van der Waals surface area (Å²) in [4.78, 5) is 11.1. The first kappa shape index (κ1) is 15.7. The van der Waals surface area contributed by atoms with Gasteiger partial charge >= 0.3 is 0 Å². The van der Waals surface area contributed by atoms with Gasteiger partial charge in [-0.15, -0.1) is 0 Å². The average Bonchev–Trinajstić information content (AvgIpc) is 3.03. The number of fused-ring (bicyclic) bond motifs is 1. The van der Waals surface area contributed by atoms with Gasteiger partial charge in [0.15, 0.2) is 0 Å². The van der Waals surface area contributed by atoms with Gasteiger partial charge in [0.1, 0.15) is 11.6 Å². The van der Waals surface area contributed by atoms with Crippen LogP contribution in [0.3, 0.4) is 0 Å². The van der Waals surface area contributed by atoms with Crippen LogP contribution in [0.1, 0.15) is 5.69 Å². The lowest BCUT2D eigenvalue weighted by molar-refractivity contribution is 0.631. The number of rotatable bonds is 2. The Morgan fingerprint density at radius 1 is 1.21 bits per heavy atom. The largest absolute Gasteiger partial charge is 0.355 e. The molecule has 1 saturated heterocycles. The number of halogens is 2. The average molecular weight is 363 g/mol. The molecule has 0 radical (unpaired) electrons. The molecular weight excluding hydrogens is 347 g/mol. The molecule has 0 spiro atoms. The van der Waals surface area contributed by atoms with Crippen LogP contribution in [0.5, 0.6) is 0 Å². The fourth-order valence-electron chi connectivity index (χ4n) is 3.15. The van der Waals surface area contributed by atoms with E-state index in [4.69, 9.17) is 11.6 Å². The first-order valence-electron chi connectivity index (χ1n) is 7.77. The van der Waals surface area contributed by atoms with Gasteiger partial charge in [0, 0.05) is 48.1 Å². The standard InChI is InChI=1S/C17H16ClFN4S/c1-11-14(15-12(18)3-2-4-13(15)19)16(22-7-9-24-10-8-22)23-6-5-20-17(23)21-11/h2-6H,7-10H2,1H3. The van der Waals surface area contributed by atoms with E-state index < -0.39 is 0 Å². The number of aryl methyl sites for hydroxylation is 1. The second-order valence-corrected chi connectivity index (χ2v) is 7.32. The van der Waals surface area contributed by atoms with Crippen molar-refractivity contribution < 1.29 is 4.39 Å². The molecule has 3 aromatic rings. The van der Waals surface area contributed by atoms with Crippen LogP contribution in [0.15, 0.2) is 30.6 Å². The zero-order valence-corrected chi connectivity index (χ0v) is 14.7. The number of nitrogens with zero attached hydrogens (tertiary/aromatic N) is 4. The maximum absolute atomic E-state index is 14.6. The lowest BCUT2D eigenvalue weighted by atomic mass is 10.0. The third-order valence-electron chi connectivity index (χ3n) is 4.23. The molecule has 24 heavy (non-hydrogen) atoms. The zero-order chi connectivity index (χ0) is 16.7. The van der Waals surface area contributed by atoms with Gasteiger partial charge in [-0.25, -0.2) is 14.4 Å². The van der Waals surface area contributed by atoms with Crippen molar-refractivity contribution in [3.8, 4) is 11.1 Å². The molecule has 1 aromatic carbocycles. The minimum atomic E-state index is -0.334. The molecule has 0 atom stereocenters. The van der Waals surface area contributed by atoms with Gasteiger partial charge in [0.05, 0.1) is 10.7 Å².